The normalized spacial score (nSPS) is 10.1. The Morgan fingerprint density at radius 2 is 1.78 bits per heavy atom. The van der Waals surface area contributed by atoms with Crippen LogP contribution < -0.4 is 9.47 Å². The van der Waals surface area contributed by atoms with Crippen molar-refractivity contribution in [2.24, 2.45) is 0 Å². The largest absolute Gasteiger partial charge is 0.490 e. The summed E-state index contributed by atoms with van der Waals surface area (Å²) in [6.45, 7) is 2.72. The Morgan fingerprint density at radius 3 is 2.44 bits per heavy atom. The number of rotatable bonds is 5. The molecule has 1 aromatic carbocycles. The first-order valence-corrected chi connectivity index (χ1v) is 6.74. The lowest BCUT2D eigenvalue weighted by Crippen LogP contribution is -1.98. The molecule has 1 heterocycles. The number of halogens is 1. The maximum absolute atomic E-state index is 5.61. The smallest absolute Gasteiger partial charge is 0.322 e. The van der Waals surface area contributed by atoms with E-state index in [9.17, 15) is 0 Å². The maximum Gasteiger partial charge on any atom is 0.322 e. The fourth-order valence-electron chi connectivity index (χ4n) is 1.32. The van der Waals surface area contributed by atoms with Crippen molar-refractivity contribution in [2.75, 3.05) is 6.61 Å². The van der Waals surface area contributed by atoms with Crippen molar-refractivity contribution in [3.63, 3.8) is 0 Å². The number of para-hydroxylation sites is 2. The molecule has 0 atom stereocenters. The highest BCUT2D eigenvalue weighted by molar-refractivity contribution is 14.1. The average molecular weight is 356 g/mol. The maximum atomic E-state index is 5.61. The number of benzene rings is 1. The van der Waals surface area contributed by atoms with E-state index in [1.165, 1.54) is 0 Å². The molecule has 0 saturated carbocycles. The first-order valence-electron chi connectivity index (χ1n) is 5.67. The zero-order valence-corrected chi connectivity index (χ0v) is 12.1. The minimum atomic E-state index is 0.322. The van der Waals surface area contributed by atoms with Gasteiger partial charge in [0.1, 0.15) is 0 Å². The highest BCUT2D eigenvalue weighted by Gasteiger charge is 2.06. The first kappa shape index (κ1) is 13.1. The molecule has 0 saturated heterocycles. The quantitative estimate of drug-likeness (QED) is 0.767. The van der Waals surface area contributed by atoms with Gasteiger partial charge in [-0.15, -0.1) is 0 Å². The van der Waals surface area contributed by atoms with Crippen LogP contribution in [0.15, 0.2) is 36.7 Å². The second-order valence-electron chi connectivity index (χ2n) is 3.58. The molecule has 4 nitrogen and oxygen atoms in total. The molecule has 0 N–H and O–H groups in total. The summed E-state index contributed by atoms with van der Waals surface area (Å²) in [5.41, 5.74) is 0. The molecule has 0 amide bonds. The molecule has 0 aliphatic rings. The van der Waals surface area contributed by atoms with Gasteiger partial charge in [-0.1, -0.05) is 19.1 Å². The number of hydrogen-bond acceptors (Lipinski definition) is 4. The standard InChI is InChI=1S/C13H13IN2O2/c1-2-7-17-11-5-3-4-6-12(11)18-13-15-8-10(14)9-16-13/h3-6,8-9H,2,7H2,1H3. The van der Waals surface area contributed by atoms with Gasteiger partial charge < -0.3 is 9.47 Å². The summed E-state index contributed by atoms with van der Waals surface area (Å²) in [6, 6.07) is 7.83. The summed E-state index contributed by atoms with van der Waals surface area (Å²) in [5, 5.41) is 0. The van der Waals surface area contributed by atoms with Gasteiger partial charge in [0.2, 0.25) is 0 Å². The number of hydrogen-bond donors (Lipinski definition) is 0. The second kappa shape index (κ2) is 6.53. The fourth-order valence-corrected chi connectivity index (χ4v) is 1.60. The zero-order chi connectivity index (χ0) is 12.8. The predicted molar refractivity (Wildman–Crippen MR) is 77.1 cm³/mol. The SMILES string of the molecule is CCCOc1ccccc1Oc1ncc(I)cn1. The molecule has 1 aromatic heterocycles. The van der Waals surface area contributed by atoms with Crippen molar-refractivity contribution >= 4 is 22.6 Å². The highest BCUT2D eigenvalue weighted by atomic mass is 127. The van der Waals surface area contributed by atoms with Gasteiger partial charge in [0.05, 0.1) is 6.61 Å². The van der Waals surface area contributed by atoms with Crippen molar-refractivity contribution in [3.05, 3.63) is 40.2 Å². The third kappa shape index (κ3) is 3.56. The highest BCUT2D eigenvalue weighted by Crippen LogP contribution is 2.29. The van der Waals surface area contributed by atoms with Crippen LogP contribution in [-0.2, 0) is 0 Å². The fraction of sp³-hybridized carbons (Fsp3) is 0.231. The van der Waals surface area contributed by atoms with Crippen LogP contribution in [0.25, 0.3) is 0 Å². The summed E-state index contributed by atoms with van der Waals surface area (Å²) in [7, 11) is 0. The van der Waals surface area contributed by atoms with Crippen LogP contribution in [0.2, 0.25) is 0 Å². The van der Waals surface area contributed by atoms with E-state index in [0.29, 0.717) is 24.1 Å². The monoisotopic (exact) mass is 356 g/mol. The molecular formula is C13H13IN2O2. The lowest BCUT2D eigenvalue weighted by molar-refractivity contribution is 0.299. The Hall–Kier alpha value is -1.37. The zero-order valence-electron chi connectivity index (χ0n) is 9.97. The minimum Gasteiger partial charge on any atom is -0.490 e. The van der Waals surface area contributed by atoms with Crippen LogP contribution in [0.1, 0.15) is 13.3 Å². The van der Waals surface area contributed by atoms with Gasteiger partial charge in [-0.25, -0.2) is 9.97 Å². The van der Waals surface area contributed by atoms with E-state index in [2.05, 4.69) is 39.5 Å². The van der Waals surface area contributed by atoms with Gasteiger partial charge >= 0.3 is 6.01 Å². The van der Waals surface area contributed by atoms with Crippen molar-refractivity contribution in [1.29, 1.82) is 0 Å². The molecule has 0 spiro atoms. The third-order valence-electron chi connectivity index (χ3n) is 2.11. The Morgan fingerprint density at radius 1 is 1.11 bits per heavy atom. The van der Waals surface area contributed by atoms with Crippen LogP contribution in [0.5, 0.6) is 17.5 Å². The van der Waals surface area contributed by atoms with E-state index in [-0.39, 0.29) is 0 Å². The molecule has 0 aliphatic heterocycles. The number of aromatic nitrogens is 2. The van der Waals surface area contributed by atoms with Crippen LogP contribution in [0, 0.1) is 3.57 Å². The van der Waals surface area contributed by atoms with Crippen LogP contribution in [-0.4, -0.2) is 16.6 Å². The van der Waals surface area contributed by atoms with Crippen LogP contribution in [0.3, 0.4) is 0 Å². The van der Waals surface area contributed by atoms with E-state index in [4.69, 9.17) is 9.47 Å². The van der Waals surface area contributed by atoms with Crippen molar-refractivity contribution < 1.29 is 9.47 Å². The third-order valence-corrected chi connectivity index (χ3v) is 2.67. The Labute approximate surface area is 120 Å². The number of nitrogens with zero attached hydrogens (tertiary/aromatic N) is 2. The van der Waals surface area contributed by atoms with Crippen LogP contribution in [0.4, 0.5) is 0 Å². The Balaban J connectivity index is 2.15. The van der Waals surface area contributed by atoms with E-state index < -0.39 is 0 Å². The predicted octanol–water partition coefficient (Wildman–Crippen LogP) is 3.66. The van der Waals surface area contributed by atoms with Gasteiger partial charge in [0, 0.05) is 16.0 Å². The number of ether oxygens (including phenoxy) is 2. The molecule has 18 heavy (non-hydrogen) atoms. The topological polar surface area (TPSA) is 44.2 Å². The minimum absolute atomic E-state index is 0.322. The van der Waals surface area contributed by atoms with Crippen molar-refractivity contribution in [1.82, 2.24) is 9.97 Å². The molecule has 0 radical (unpaired) electrons. The molecule has 0 bridgehead atoms. The van der Waals surface area contributed by atoms with Gasteiger partial charge in [-0.2, -0.15) is 0 Å². The molecule has 2 rings (SSSR count). The molecular weight excluding hydrogens is 343 g/mol. The van der Waals surface area contributed by atoms with Crippen LogP contribution >= 0.6 is 22.6 Å². The molecule has 0 unspecified atom stereocenters. The van der Waals surface area contributed by atoms with Gasteiger partial charge in [0.15, 0.2) is 11.5 Å². The lowest BCUT2D eigenvalue weighted by Gasteiger charge is -2.10. The first-order chi connectivity index (χ1) is 8.79. The van der Waals surface area contributed by atoms with E-state index in [1.807, 2.05) is 24.3 Å². The molecule has 0 fully saturated rings. The Bertz CT molecular complexity index is 503. The summed E-state index contributed by atoms with van der Waals surface area (Å²) in [6.07, 6.45) is 4.37. The molecule has 5 heteroatoms. The summed E-state index contributed by atoms with van der Waals surface area (Å²) in [5.74, 6) is 1.34. The molecule has 2 aromatic rings. The average Bonchev–Trinajstić information content (AvgIpc) is 2.40. The summed E-state index contributed by atoms with van der Waals surface area (Å²) < 4.78 is 12.2. The second-order valence-corrected chi connectivity index (χ2v) is 4.83. The molecule has 0 aliphatic carbocycles. The Kier molecular flexibility index (Phi) is 4.74. The summed E-state index contributed by atoms with van der Waals surface area (Å²) in [4.78, 5) is 8.20. The molecule has 94 valence electrons. The van der Waals surface area contributed by atoms with Gasteiger partial charge in [0.25, 0.3) is 0 Å². The van der Waals surface area contributed by atoms with Crippen molar-refractivity contribution in [3.8, 4) is 17.5 Å². The lowest BCUT2D eigenvalue weighted by atomic mass is 10.3. The van der Waals surface area contributed by atoms with E-state index in [1.54, 1.807) is 12.4 Å². The summed E-state index contributed by atoms with van der Waals surface area (Å²) >= 11 is 2.15. The van der Waals surface area contributed by atoms with Gasteiger partial charge in [-0.3, -0.25) is 0 Å². The van der Waals surface area contributed by atoms with Gasteiger partial charge in [-0.05, 0) is 41.1 Å². The van der Waals surface area contributed by atoms with E-state index >= 15 is 0 Å². The van der Waals surface area contributed by atoms with E-state index in [0.717, 1.165) is 9.99 Å². The van der Waals surface area contributed by atoms with Crippen molar-refractivity contribution in [2.45, 2.75) is 13.3 Å².